The molecule has 166 valence electrons. The van der Waals surface area contributed by atoms with Crippen molar-refractivity contribution in [2.45, 2.75) is 19.3 Å². The summed E-state index contributed by atoms with van der Waals surface area (Å²) in [6.45, 7) is 0.0952. The maximum atomic E-state index is 12.6. The van der Waals surface area contributed by atoms with Gasteiger partial charge in [-0.1, -0.05) is 24.3 Å². The summed E-state index contributed by atoms with van der Waals surface area (Å²) in [5.74, 6) is 0.293. The SMILES string of the molecule is COc1ccc(-c2cc(NC(=O)CCN3C(=O)[C@H]4CC=CC[C@@H]4C3=O)ccc2OC)cc1. The van der Waals surface area contributed by atoms with Crippen molar-refractivity contribution >= 4 is 23.4 Å². The van der Waals surface area contributed by atoms with Gasteiger partial charge in [-0.25, -0.2) is 0 Å². The van der Waals surface area contributed by atoms with E-state index in [0.29, 0.717) is 24.3 Å². The van der Waals surface area contributed by atoms with Gasteiger partial charge in [-0.3, -0.25) is 19.3 Å². The number of anilines is 1. The zero-order valence-corrected chi connectivity index (χ0v) is 18.2. The van der Waals surface area contributed by atoms with Gasteiger partial charge in [0.05, 0.1) is 26.1 Å². The van der Waals surface area contributed by atoms with Gasteiger partial charge in [0.15, 0.2) is 0 Å². The molecule has 4 rings (SSSR count). The lowest BCUT2D eigenvalue weighted by atomic mass is 9.85. The minimum atomic E-state index is -0.274. The second kappa shape index (κ2) is 9.26. The highest BCUT2D eigenvalue weighted by Gasteiger charge is 2.46. The molecule has 0 unspecified atom stereocenters. The minimum absolute atomic E-state index is 0.0498. The van der Waals surface area contributed by atoms with E-state index in [9.17, 15) is 14.4 Å². The Morgan fingerprint density at radius 2 is 1.62 bits per heavy atom. The second-order valence-electron chi connectivity index (χ2n) is 7.93. The monoisotopic (exact) mass is 434 g/mol. The highest BCUT2D eigenvalue weighted by Crippen LogP contribution is 2.35. The van der Waals surface area contributed by atoms with E-state index in [1.54, 1.807) is 26.4 Å². The van der Waals surface area contributed by atoms with Crippen molar-refractivity contribution in [1.29, 1.82) is 0 Å². The highest BCUT2D eigenvalue weighted by molar-refractivity contribution is 6.06. The number of hydrogen-bond donors (Lipinski definition) is 1. The number of ether oxygens (including phenoxy) is 2. The predicted octanol–water partition coefficient (Wildman–Crippen LogP) is 3.65. The molecule has 0 spiro atoms. The van der Waals surface area contributed by atoms with Gasteiger partial charge in [-0.05, 0) is 48.7 Å². The Morgan fingerprint density at radius 1 is 0.969 bits per heavy atom. The van der Waals surface area contributed by atoms with E-state index in [1.165, 1.54) is 4.90 Å². The molecule has 3 amide bonds. The van der Waals surface area contributed by atoms with E-state index >= 15 is 0 Å². The molecule has 1 aliphatic carbocycles. The van der Waals surface area contributed by atoms with Gasteiger partial charge in [0.2, 0.25) is 17.7 Å². The first kappa shape index (κ1) is 21.6. The molecule has 1 N–H and O–H groups in total. The fourth-order valence-electron chi connectivity index (χ4n) is 4.31. The topological polar surface area (TPSA) is 84.9 Å². The average molecular weight is 434 g/mol. The maximum absolute atomic E-state index is 12.6. The molecule has 1 saturated heterocycles. The summed E-state index contributed by atoms with van der Waals surface area (Å²) in [7, 11) is 3.21. The van der Waals surface area contributed by atoms with Gasteiger partial charge < -0.3 is 14.8 Å². The molecule has 2 aromatic rings. The third kappa shape index (κ3) is 4.23. The van der Waals surface area contributed by atoms with Crippen LogP contribution >= 0.6 is 0 Å². The fraction of sp³-hybridized carbons (Fsp3) is 0.320. The van der Waals surface area contributed by atoms with Crippen molar-refractivity contribution in [1.82, 2.24) is 4.90 Å². The summed E-state index contributed by atoms with van der Waals surface area (Å²) in [6.07, 6.45) is 5.14. The Labute approximate surface area is 187 Å². The number of amides is 3. The number of rotatable bonds is 7. The van der Waals surface area contributed by atoms with Crippen molar-refractivity contribution in [3.05, 3.63) is 54.6 Å². The Bertz CT molecular complexity index is 1030. The van der Waals surface area contributed by atoms with Gasteiger partial charge in [-0.15, -0.1) is 0 Å². The van der Waals surface area contributed by atoms with Crippen LogP contribution in [0.15, 0.2) is 54.6 Å². The summed E-state index contributed by atoms with van der Waals surface area (Å²) in [4.78, 5) is 38.9. The van der Waals surface area contributed by atoms with Crippen molar-refractivity contribution in [3.8, 4) is 22.6 Å². The molecule has 0 radical (unpaired) electrons. The molecule has 2 aromatic carbocycles. The number of imide groups is 1. The molecular formula is C25H26N2O5. The molecule has 7 nitrogen and oxygen atoms in total. The first-order chi connectivity index (χ1) is 15.5. The number of methoxy groups -OCH3 is 2. The molecule has 0 bridgehead atoms. The molecule has 32 heavy (non-hydrogen) atoms. The third-order valence-electron chi connectivity index (χ3n) is 6.05. The summed E-state index contributed by atoms with van der Waals surface area (Å²) in [5.41, 5.74) is 2.36. The summed E-state index contributed by atoms with van der Waals surface area (Å²) >= 11 is 0. The lowest BCUT2D eigenvalue weighted by Crippen LogP contribution is -2.34. The first-order valence-electron chi connectivity index (χ1n) is 10.6. The van der Waals surface area contributed by atoms with E-state index in [1.807, 2.05) is 42.5 Å². The molecular weight excluding hydrogens is 408 g/mol. The number of likely N-dealkylation sites (tertiary alicyclic amines) is 1. The number of allylic oxidation sites excluding steroid dienone is 2. The van der Waals surface area contributed by atoms with E-state index in [-0.39, 0.29) is 42.5 Å². The molecule has 1 fully saturated rings. The first-order valence-corrected chi connectivity index (χ1v) is 10.6. The Balaban J connectivity index is 1.42. The largest absolute Gasteiger partial charge is 0.497 e. The van der Waals surface area contributed by atoms with Gasteiger partial charge >= 0.3 is 0 Å². The van der Waals surface area contributed by atoms with Crippen LogP contribution < -0.4 is 14.8 Å². The van der Waals surface area contributed by atoms with Crippen LogP contribution in [0, 0.1) is 11.8 Å². The summed E-state index contributed by atoms with van der Waals surface area (Å²) in [6, 6.07) is 12.9. The van der Waals surface area contributed by atoms with Gasteiger partial charge in [-0.2, -0.15) is 0 Å². The number of carbonyl (C=O) groups is 3. The van der Waals surface area contributed by atoms with Crippen LogP contribution in [0.1, 0.15) is 19.3 Å². The summed E-state index contributed by atoms with van der Waals surface area (Å²) in [5, 5.41) is 2.86. The van der Waals surface area contributed by atoms with Crippen LogP contribution in [0.2, 0.25) is 0 Å². The Hall–Kier alpha value is -3.61. The number of carbonyl (C=O) groups excluding carboxylic acids is 3. The van der Waals surface area contributed by atoms with E-state index < -0.39 is 0 Å². The number of nitrogens with zero attached hydrogens (tertiary/aromatic N) is 1. The van der Waals surface area contributed by atoms with Crippen LogP contribution in [0.5, 0.6) is 11.5 Å². The lowest BCUT2D eigenvalue weighted by molar-refractivity contribution is -0.140. The quantitative estimate of drug-likeness (QED) is 0.531. The molecule has 2 atom stereocenters. The third-order valence-corrected chi connectivity index (χ3v) is 6.05. The number of fused-ring (bicyclic) bond motifs is 1. The Kier molecular flexibility index (Phi) is 6.25. The van der Waals surface area contributed by atoms with Crippen molar-refractivity contribution < 1.29 is 23.9 Å². The van der Waals surface area contributed by atoms with Crippen molar-refractivity contribution in [2.75, 3.05) is 26.1 Å². The molecule has 7 heteroatoms. The normalized spacial score (nSPS) is 19.6. The van der Waals surface area contributed by atoms with Crippen LogP contribution in [0.3, 0.4) is 0 Å². The fourth-order valence-corrected chi connectivity index (χ4v) is 4.31. The van der Waals surface area contributed by atoms with Crippen LogP contribution in [0.4, 0.5) is 5.69 Å². The van der Waals surface area contributed by atoms with Crippen molar-refractivity contribution in [3.63, 3.8) is 0 Å². The molecule has 0 aromatic heterocycles. The van der Waals surface area contributed by atoms with Gasteiger partial charge in [0.1, 0.15) is 11.5 Å². The van der Waals surface area contributed by atoms with Crippen molar-refractivity contribution in [2.24, 2.45) is 11.8 Å². The highest BCUT2D eigenvalue weighted by atomic mass is 16.5. The second-order valence-corrected chi connectivity index (χ2v) is 7.93. The van der Waals surface area contributed by atoms with Crippen LogP contribution in [0.25, 0.3) is 11.1 Å². The van der Waals surface area contributed by atoms with E-state index in [4.69, 9.17) is 9.47 Å². The minimum Gasteiger partial charge on any atom is -0.497 e. The molecule has 0 saturated carbocycles. The Morgan fingerprint density at radius 3 is 2.22 bits per heavy atom. The molecule has 1 heterocycles. The lowest BCUT2D eigenvalue weighted by Gasteiger charge is -2.15. The molecule has 2 aliphatic rings. The molecule has 1 aliphatic heterocycles. The standard InChI is InChI=1S/C25H26N2O5/c1-31-18-10-7-16(8-11-18)21-15-17(9-12-22(21)32-2)26-23(28)13-14-27-24(29)19-5-3-4-6-20(19)25(27)30/h3-4,7-12,15,19-20H,5-6,13-14H2,1-2H3,(H,26,28)/t19-,20-/m0/s1. The zero-order chi connectivity index (χ0) is 22.7. The summed E-state index contributed by atoms with van der Waals surface area (Å²) < 4.78 is 10.7. The maximum Gasteiger partial charge on any atom is 0.233 e. The number of nitrogens with one attached hydrogen (secondary N) is 1. The van der Waals surface area contributed by atoms with Crippen LogP contribution in [-0.4, -0.2) is 43.4 Å². The number of benzene rings is 2. The average Bonchev–Trinajstić information content (AvgIpc) is 3.07. The number of hydrogen-bond acceptors (Lipinski definition) is 5. The van der Waals surface area contributed by atoms with E-state index in [2.05, 4.69) is 5.32 Å². The van der Waals surface area contributed by atoms with Crippen LogP contribution in [-0.2, 0) is 14.4 Å². The zero-order valence-electron chi connectivity index (χ0n) is 18.2. The predicted molar refractivity (Wildman–Crippen MR) is 120 cm³/mol. The van der Waals surface area contributed by atoms with Gasteiger partial charge in [0.25, 0.3) is 0 Å². The van der Waals surface area contributed by atoms with Gasteiger partial charge in [0, 0.05) is 24.2 Å². The smallest absolute Gasteiger partial charge is 0.233 e. The van der Waals surface area contributed by atoms with E-state index in [0.717, 1.165) is 16.9 Å².